The van der Waals surface area contributed by atoms with Gasteiger partial charge in [0.15, 0.2) is 9.84 Å². The Morgan fingerprint density at radius 2 is 1.23 bits per heavy atom. The van der Waals surface area contributed by atoms with Gasteiger partial charge in [-0.25, -0.2) is 13.2 Å². The van der Waals surface area contributed by atoms with Gasteiger partial charge in [-0.3, -0.25) is 24.0 Å². The summed E-state index contributed by atoms with van der Waals surface area (Å²) >= 11 is 0. The molecule has 0 bridgehead atoms. The Morgan fingerprint density at radius 1 is 0.696 bits per heavy atom. The van der Waals surface area contributed by atoms with Crippen LogP contribution in [0.4, 0.5) is 4.79 Å². The molecule has 0 saturated heterocycles. The molecule has 56 heavy (non-hydrogen) atoms. The fourth-order valence-corrected chi connectivity index (χ4v) is 5.56. The minimum Gasteiger partial charge on any atom is -0.460 e. The van der Waals surface area contributed by atoms with Crippen LogP contribution >= 0.6 is 0 Å². The van der Waals surface area contributed by atoms with Crippen molar-refractivity contribution in [3.05, 3.63) is 83.3 Å². The van der Waals surface area contributed by atoms with E-state index in [1.165, 1.54) is 13.0 Å². The van der Waals surface area contributed by atoms with Crippen LogP contribution in [0.3, 0.4) is 0 Å². The normalized spacial score (nSPS) is 14.1. The Kier molecular flexibility index (Phi) is 17.7. The number of hydrogen-bond acceptors (Lipinski definition) is 11. The summed E-state index contributed by atoms with van der Waals surface area (Å²) in [6, 6.07) is 11.5. The van der Waals surface area contributed by atoms with Crippen molar-refractivity contribution in [1.82, 2.24) is 21.3 Å². The van der Waals surface area contributed by atoms with E-state index >= 15 is 0 Å². The number of sulfone groups is 1. The average molecular weight is 801 g/mol. The van der Waals surface area contributed by atoms with E-state index in [4.69, 9.17) is 14.2 Å². The molecule has 2 rings (SSSR count). The van der Waals surface area contributed by atoms with Crippen LogP contribution < -0.4 is 21.3 Å². The summed E-state index contributed by atoms with van der Waals surface area (Å²) in [5.74, 6) is -4.76. The molecule has 4 amide bonds. The van der Waals surface area contributed by atoms with Gasteiger partial charge in [0.2, 0.25) is 17.7 Å². The summed E-state index contributed by atoms with van der Waals surface area (Å²) in [5.41, 5.74) is -0.769. The molecule has 15 nitrogen and oxygen atoms in total. The first-order valence-electron chi connectivity index (χ1n) is 18.3. The summed E-state index contributed by atoms with van der Waals surface area (Å²) in [6.07, 6.45) is -0.837. The second-order valence-electron chi connectivity index (χ2n) is 15.3. The highest BCUT2D eigenvalue weighted by atomic mass is 32.2. The number of rotatable bonds is 18. The van der Waals surface area contributed by atoms with Crippen LogP contribution in [-0.2, 0) is 54.6 Å². The second-order valence-corrected chi connectivity index (χ2v) is 17.5. The molecule has 2 aromatic carbocycles. The van der Waals surface area contributed by atoms with Crippen molar-refractivity contribution in [3.8, 4) is 0 Å². The van der Waals surface area contributed by atoms with Gasteiger partial charge in [0.25, 0.3) is 0 Å². The molecule has 4 N–H and O–H groups in total. The van der Waals surface area contributed by atoms with Crippen LogP contribution in [0.25, 0.3) is 0 Å². The largest absolute Gasteiger partial charge is 0.460 e. The number of alkyl carbamates (subject to hydrolysis) is 1. The molecule has 308 valence electrons. The lowest BCUT2D eigenvalue weighted by molar-refractivity contribution is -0.157. The standard InChI is InChI=1S/C40H56N4O11S/c1-10-56(51,52)22-21-29(23-31(45)54-39(4,5)6)41-36(48)33(26(2)3)43-37(49)34(28-19-15-12-16-20-28)44-35(47)30(24-32(46)55-40(7,8)9)42-38(50)53-25-27-17-13-11-14-18-27/h11-22,26,29-30,33-34H,10,23-25H2,1-9H3,(H,41,48)(H,42,50)(H,43,49)(H,44,47)/b22-21+/t29-,30+,33+,34+/m1/s1. The minimum atomic E-state index is -3.64. The van der Waals surface area contributed by atoms with E-state index in [9.17, 15) is 37.2 Å². The SMILES string of the molecule is CCS(=O)(=O)/C=C/[C@H](CC(=O)OC(C)(C)C)NC(=O)[C@@H](NC(=O)[C@@H](NC(=O)[C@H](CC(=O)OC(C)(C)C)NC(=O)OCc1ccccc1)c1ccccc1)C(C)C. The predicted octanol–water partition coefficient (Wildman–Crippen LogP) is 4.18. The second kappa shape index (κ2) is 21.2. The molecule has 0 radical (unpaired) electrons. The van der Waals surface area contributed by atoms with Crippen molar-refractivity contribution < 1.29 is 51.4 Å². The lowest BCUT2D eigenvalue weighted by Gasteiger charge is -2.28. The molecule has 2 aromatic rings. The number of nitrogens with one attached hydrogen (secondary N) is 4. The van der Waals surface area contributed by atoms with Gasteiger partial charge in [-0.2, -0.15) is 0 Å². The van der Waals surface area contributed by atoms with E-state index in [1.807, 2.05) is 0 Å². The van der Waals surface area contributed by atoms with Crippen molar-refractivity contribution in [2.75, 3.05) is 5.75 Å². The summed E-state index contributed by atoms with van der Waals surface area (Å²) in [7, 11) is -3.64. The third-order valence-electron chi connectivity index (χ3n) is 7.60. The van der Waals surface area contributed by atoms with Gasteiger partial charge in [0, 0.05) is 5.41 Å². The van der Waals surface area contributed by atoms with Crippen LogP contribution in [0, 0.1) is 5.92 Å². The highest BCUT2D eigenvalue weighted by Gasteiger charge is 2.34. The number of hydrogen-bond donors (Lipinski definition) is 4. The third kappa shape index (κ3) is 17.9. The first-order valence-corrected chi connectivity index (χ1v) is 20.0. The maximum absolute atomic E-state index is 14.1. The van der Waals surface area contributed by atoms with Crippen molar-refractivity contribution in [3.63, 3.8) is 0 Å². The quantitative estimate of drug-likeness (QED) is 0.124. The van der Waals surface area contributed by atoms with Crippen molar-refractivity contribution in [2.45, 2.75) is 117 Å². The number of benzene rings is 2. The maximum atomic E-state index is 14.1. The first kappa shape index (κ1) is 46.9. The maximum Gasteiger partial charge on any atom is 0.408 e. The molecular formula is C40H56N4O11S. The molecule has 0 spiro atoms. The summed E-state index contributed by atoms with van der Waals surface area (Å²) in [5, 5.41) is 11.2. The average Bonchev–Trinajstić information content (AvgIpc) is 3.09. The molecule has 0 aromatic heterocycles. The molecule has 0 aliphatic carbocycles. The van der Waals surface area contributed by atoms with Crippen molar-refractivity contribution in [1.29, 1.82) is 0 Å². The highest BCUT2D eigenvalue weighted by molar-refractivity contribution is 7.94. The zero-order valence-corrected chi connectivity index (χ0v) is 34.4. The fraction of sp³-hybridized carbons (Fsp3) is 0.500. The Hall–Kier alpha value is -5.25. The van der Waals surface area contributed by atoms with E-state index in [1.54, 1.807) is 116 Å². The molecule has 0 unspecified atom stereocenters. The van der Waals surface area contributed by atoms with Crippen LogP contribution in [0.5, 0.6) is 0 Å². The van der Waals surface area contributed by atoms with Crippen LogP contribution in [0.1, 0.15) is 92.3 Å². The summed E-state index contributed by atoms with van der Waals surface area (Å²) in [4.78, 5) is 80.1. The molecule has 0 saturated carbocycles. The number of esters is 2. The number of ether oxygens (including phenoxy) is 3. The molecule has 0 fully saturated rings. The van der Waals surface area contributed by atoms with Gasteiger partial charge in [-0.1, -0.05) is 87.5 Å². The minimum absolute atomic E-state index is 0.121. The van der Waals surface area contributed by atoms with Crippen molar-refractivity contribution in [2.24, 2.45) is 5.92 Å². The molecule has 0 aliphatic heterocycles. The molecule has 0 heterocycles. The van der Waals surface area contributed by atoms with Crippen LogP contribution in [-0.4, -0.2) is 79.3 Å². The van der Waals surface area contributed by atoms with Gasteiger partial charge in [-0.15, -0.1) is 0 Å². The number of carbonyl (C=O) groups is 6. The Labute approximate surface area is 329 Å². The van der Waals surface area contributed by atoms with E-state index in [2.05, 4.69) is 21.3 Å². The Balaban J connectivity index is 2.39. The fourth-order valence-electron chi connectivity index (χ4n) is 4.94. The monoisotopic (exact) mass is 800 g/mol. The van der Waals surface area contributed by atoms with E-state index in [0.717, 1.165) is 5.41 Å². The Bertz CT molecular complexity index is 1790. The van der Waals surface area contributed by atoms with Gasteiger partial charge < -0.3 is 35.5 Å². The number of amides is 4. The van der Waals surface area contributed by atoms with Gasteiger partial charge >= 0.3 is 18.0 Å². The lowest BCUT2D eigenvalue weighted by atomic mass is 10.00. The van der Waals surface area contributed by atoms with E-state index < -0.39 is 99.7 Å². The molecule has 0 aliphatic rings. The number of carbonyl (C=O) groups excluding carboxylic acids is 6. The predicted molar refractivity (Wildman–Crippen MR) is 209 cm³/mol. The summed E-state index contributed by atoms with van der Waals surface area (Å²) < 4.78 is 40.5. The van der Waals surface area contributed by atoms with Crippen LogP contribution in [0.2, 0.25) is 0 Å². The highest BCUT2D eigenvalue weighted by Crippen LogP contribution is 2.17. The lowest BCUT2D eigenvalue weighted by Crippen LogP contribution is -2.56. The zero-order valence-electron chi connectivity index (χ0n) is 33.5. The summed E-state index contributed by atoms with van der Waals surface area (Å²) in [6.45, 7) is 14.5. The van der Waals surface area contributed by atoms with Crippen LogP contribution in [0.15, 0.2) is 72.1 Å². The smallest absolute Gasteiger partial charge is 0.408 e. The third-order valence-corrected chi connectivity index (χ3v) is 8.97. The Morgan fingerprint density at radius 3 is 1.75 bits per heavy atom. The van der Waals surface area contributed by atoms with Crippen molar-refractivity contribution >= 4 is 45.6 Å². The van der Waals surface area contributed by atoms with Gasteiger partial charge in [-0.05, 0) is 58.6 Å². The molecule has 4 atom stereocenters. The van der Waals surface area contributed by atoms with Gasteiger partial charge in [0.1, 0.15) is 35.9 Å². The van der Waals surface area contributed by atoms with E-state index in [-0.39, 0.29) is 12.4 Å². The zero-order chi connectivity index (χ0) is 42.3. The molecule has 16 heteroatoms. The molecular weight excluding hydrogens is 745 g/mol. The topological polar surface area (TPSA) is 212 Å². The first-order chi connectivity index (χ1) is 26.0. The van der Waals surface area contributed by atoms with Gasteiger partial charge in [0.05, 0.1) is 24.6 Å². The van der Waals surface area contributed by atoms with E-state index in [0.29, 0.717) is 11.1 Å².